The summed E-state index contributed by atoms with van der Waals surface area (Å²) < 4.78 is 37.9. The fourth-order valence-electron chi connectivity index (χ4n) is 7.19. The van der Waals surface area contributed by atoms with Crippen LogP contribution in [0.2, 0.25) is 0 Å². The van der Waals surface area contributed by atoms with Crippen molar-refractivity contribution in [1.82, 2.24) is 25.2 Å². The van der Waals surface area contributed by atoms with Crippen LogP contribution in [-0.4, -0.2) is 76.9 Å². The number of ether oxygens (including phenoxy) is 1. The Kier molecular flexibility index (Phi) is 6.83. The number of terminal acetylenes is 1. The average molecular weight is 585 g/mol. The van der Waals surface area contributed by atoms with Crippen LogP contribution in [0.25, 0.3) is 32.9 Å². The smallest absolute Gasteiger partial charge is 0.319 e. The van der Waals surface area contributed by atoms with E-state index in [-0.39, 0.29) is 51.7 Å². The van der Waals surface area contributed by atoms with Gasteiger partial charge in [0.1, 0.15) is 34.7 Å². The van der Waals surface area contributed by atoms with Crippen molar-refractivity contribution in [3.05, 3.63) is 47.7 Å². The van der Waals surface area contributed by atoms with E-state index in [0.717, 1.165) is 58.4 Å². The Morgan fingerprint density at radius 1 is 1.19 bits per heavy atom. The van der Waals surface area contributed by atoms with E-state index >= 15 is 4.39 Å². The van der Waals surface area contributed by atoms with Gasteiger partial charge in [-0.3, -0.25) is 9.88 Å². The number of likely N-dealkylation sites (tertiary alicyclic amines) is 1. The van der Waals surface area contributed by atoms with Crippen LogP contribution in [0.1, 0.15) is 38.2 Å². The van der Waals surface area contributed by atoms with Gasteiger partial charge in [0.05, 0.1) is 10.9 Å². The minimum atomic E-state index is -0.715. The molecule has 3 aliphatic heterocycles. The number of phenolic OH excluding ortho intramolecular Hbond substituents is 1. The van der Waals surface area contributed by atoms with Crippen molar-refractivity contribution < 1.29 is 18.6 Å². The lowest BCUT2D eigenvalue weighted by Crippen LogP contribution is -2.61. The third kappa shape index (κ3) is 4.71. The van der Waals surface area contributed by atoms with Gasteiger partial charge in [-0.25, -0.2) is 8.78 Å². The molecule has 222 valence electrons. The molecule has 3 aliphatic rings. The van der Waals surface area contributed by atoms with Crippen molar-refractivity contribution in [3.8, 4) is 35.4 Å². The summed E-state index contributed by atoms with van der Waals surface area (Å²) in [6.07, 6.45) is 11.2. The lowest BCUT2D eigenvalue weighted by atomic mass is 9.75. The van der Waals surface area contributed by atoms with Gasteiger partial charge in [0, 0.05) is 54.8 Å². The number of pyridine rings is 1. The summed E-state index contributed by atoms with van der Waals surface area (Å²) in [5.74, 6) is 1.53. The molecule has 0 aliphatic carbocycles. The Morgan fingerprint density at radius 2 is 2.02 bits per heavy atom. The maximum Gasteiger partial charge on any atom is 0.319 e. The third-order valence-corrected chi connectivity index (χ3v) is 9.47. The van der Waals surface area contributed by atoms with Gasteiger partial charge in [0.2, 0.25) is 0 Å². The third-order valence-electron chi connectivity index (χ3n) is 9.47. The number of rotatable bonds is 5. The van der Waals surface area contributed by atoms with Crippen LogP contribution in [-0.2, 0) is 0 Å². The van der Waals surface area contributed by atoms with E-state index in [1.54, 1.807) is 6.20 Å². The molecule has 0 amide bonds. The zero-order valence-corrected chi connectivity index (χ0v) is 24.3. The summed E-state index contributed by atoms with van der Waals surface area (Å²) in [7, 11) is 2.08. The van der Waals surface area contributed by atoms with E-state index < -0.39 is 11.6 Å². The molecule has 2 aromatic heterocycles. The van der Waals surface area contributed by atoms with Crippen LogP contribution in [0.5, 0.6) is 11.8 Å². The summed E-state index contributed by atoms with van der Waals surface area (Å²) in [6, 6.07) is 5.87. The zero-order chi connectivity index (χ0) is 29.9. The number of fused-ring (bicyclic) bond motifs is 2. The molecule has 0 unspecified atom stereocenters. The van der Waals surface area contributed by atoms with E-state index in [9.17, 15) is 9.50 Å². The summed E-state index contributed by atoms with van der Waals surface area (Å²) in [5, 5.41) is 15.1. The van der Waals surface area contributed by atoms with Crippen molar-refractivity contribution in [2.45, 2.75) is 44.8 Å². The van der Waals surface area contributed by atoms with Gasteiger partial charge in [-0.1, -0.05) is 12.0 Å². The molecular formula is C33H34F2N6O2. The predicted octanol–water partition coefficient (Wildman–Crippen LogP) is 4.86. The van der Waals surface area contributed by atoms with Gasteiger partial charge in [0.25, 0.3) is 0 Å². The molecule has 2 aromatic carbocycles. The number of halogens is 2. The van der Waals surface area contributed by atoms with Gasteiger partial charge >= 0.3 is 6.01 Å². The number of aromatic hydroxyl groups is 1. The molecule has 0 bridgehead atoms. The number of hydrogen-bond acceptors (Lipinski definition) is 8. The molecule has 3 fully saturated rings. The monoisotopic (exact) mass is 584 g/mol. The molecule has 7 rings (SSSR count). The van der Waals surface area contributed by atoms with Crippen molar-refractivity contribution in [3.63, 3.8) is 0 Å². The van der Waals surface area contributed by atoms with Gasteiger partial charge in [-0.15, -0.1) is 6.42 Å². The summed E-state index contributed by atoms with van der Waals surface area (Å²) >= 11 is 0. The largest absolute Gasteiger partial charge is 0.508 e. The normalized spacial score (nSPS) is 20.8. The molecule has 0 radical (unpaired) electrons. The van der Waals surface area contributed by atoms with Crippen molar-refractivity contribution in [2.75, 3.05) is 44.7 Å². The molecule has 3 saturated heterocycles. The standard InChI is InChI=1S/C33H34F2N6O2/c1-4-22-25(34)9-8-20-13-21(42)14-23(27(20)22)29-28(35)30-24(15-37-29)31(41-12-6-10-33(18-41)16-36-17-33)39-32(38-30)43-19(2)26-7-5-11-40(26)3/h1,8-9,13-15,19,26,36,42H,5-7,10-12,16-18H2,2-3H3/t19-,26-/m0/s1. The van der Waals surface area contributed by atoms with Gasteiger partial charge < -0.3 is 20.1 Å². The fraction of sp³-hybridized carbons (Fsp3) is 0.424. The Hall–Kier alpha value is -4.07. The number of aromatic nitrogens is 3. The lowest BCUT2D eigenvalue weighted by molar-refractivity contribution is 0.112. The minimum Gasteiger partial charge on any atom is -0.508 e. The maximum atomic E-state index is 16.7. The Balaban J connectivity index is 1.40. The molecule has 1 spiro atoms. The second-order valence-electron chi connectivity index (χ2n) is 12.3. The van der Waals surface area contributed by atoms with Crippen molar-refractivity contribution in [2.24, 2.45) is 5.41 Å². The van der Waals surface area contributed by atoms with E-state index in [1.807, 2.05) is 6.92 Å². The fourth-order valence-corrected chi connectivity index (χ4v) is 7.19. The molecule has 8 nitrogen and oxygen atoms in total. The first-order valence-electron chi connectivity index (χ1n) is 14.9. The topological polar surface area (TPSA) is 86.6 Å². The number of anilines is 1. The van der Waals surface area contributed by atoms with Crippen LogP contribution >= 0.6 is 0 Å². The Morgan fingerprint density at radius 3 is 2.74 bits per heavy atom. The number of piperidine rings is 1. The highest BCUT2D eigenvalue weighted by Crippen LogP contribution is 2.41. The molecule has 2 N–H and O–H groups in total. The van der Waals surface area contributed by atoms with Crippen LogP contribution in [0.4, 0.5) is 14.6 Å². The first kappa shape index (κ1) is 27.7. The first-order valence-corrected chi connectivity index (χ1v) is 14.9. The van der Waals surface area contributed by atoms with Crippen LogP contribution in [0, 0.1) is 29.4 Å². The number of phenols is 1. The Bertz CT molecular complexity index is 1790. The highest BCUT2D eigenvalue weighted by molar-refractivity contribution is 6.03. The van der Waals surface area contributed by atoms with E-state index in [0.29, 0.717) is 22.0 Å². The van der Waals surface area contributed by atoms with Crippen molar-refractivity contribution >= 4 is 27.5 Å². The summed E-state index contributed by atoms with van der Waals surface area (Å²) in [6.45, 7) is 6.44. The maximum absolute atomic E-state index is 16.7. The predicted molar refractivity (Wildman–Crippen MR) is 162 cm³/mol. The number of likely N-dealkylation sites (N-methyl/N-ethyl adjacent to an activating group) is 1. The molecule has 2 atom stereocenters. The van der Waals surface area contributed by atoms with E-state index in [4.69, 9.17) is 16.1 Å². The molecule has 10 heteroatoms. The second kappa shape index (κ2) is 10.6. The summed E-state index contributed by atoms with van der Waals surface area (Å²) in [5.41, 5.74) is 0.288. The number of benzene rings is 2. The summed E-state index contributed by atoms with van der Waals surface area (Å²) in [4.78, 5) is 18.4. The molecule has 0 saturated carbocycles. The average Bonchev–Trinajstić information content (AvgIpc) is 3.42. The van der Waals surface area contributed by atoms with Crippen LogP contribution in [0.3, 0.4) is 0 Å². The molecule has 5 heterocycles. The van der Waals surface area contributed by atoms with Crippen molar-refractivity contribution in [1.29, 1.82) is 0 Å². The molecule has 43 heavy (non-hydrogen) atoms. The lowest BCUT2D eigenvalue weighted by Gasteiger charge is -2.49. The Labute approximate surface area is 249 Å². The first-order chi connectivity index (χ1) is 20.8. The van der Waals surface area contributed by atoms with Crippen LogP contribution in [0.15, 0.2) is 30.5 Å². The van der Waals surface area contributed by atoms with Crippen LogP contribution < -0.4 is 15.0 Å². The minimum absolute atomic E-state index is 0.0246. The quantitative estimate of drug-likeness (QED) is 0.322. The molecule has 4 aromatic rings. The second-order valence-corrected chi connectivity index (χ2v) is 12.3. The molecular weight excluding hydrogens is 550 g/mol. The number of nitrogens with zero attached hydrogens (tertiary/aromatic N) is 5. The number of nitrogens with one attached hydrogen (secondary N) is 1. The number of hydrogen-bond donors (Lipinski definition) is 2. The SMILES string of the molecule is C#Cc1c(F)ccc2cc(O)cc(-c3ncc4c(N5CCCC6(CNC6)C5)nc(O[C@@H](C)[C@@H]5CCCN5C)nc4c3F)c12. The highest BCUT2D eigenvalue weighted by Gasteiger charge is 2.41. The zero-order valence-electron chi connectivity index (χ0n) is 24.3. The highest BCUT2D eigenvalue weighted by atomic mass is 19.1. The van der Waals surface area contributed by atoms with E-state index in [1.165, 1.54) is 24.3 Å². The van der Waals surface area contributed by atoms with Gasteiger partial charge in [-0.2, -0.15) is 9.97 Å². The van der Waals surface area contributed by atoms with Gasteiger partial charge in [0.15, 0.2) is 5.82 Å². The van der Waals surface area contributed by atoms with E-state index in [2.05, 4.69) is 38.1 Å². The van der Waals surface area contributed by atoms with Gasteiger partial charge in [-0.05, 0) is 69.8 Å².